The van der Waals surface area contributed by atoms with Crippen molar-refractivity contribution in [2.45, 2.75) is 33.5 Å². The van der Waals surface area contributed by atoms with Gasteiger partial charge in [0.15, 0.2) is 5.44 Å². The number of nitrogens with zero attached hydrogens (tertiary/aromatic N) is 1. The lowest BCUT2D eigenvalue weighted by molar-refractivity contribution is -0.0786. The topological polar surface area (TPSA) is 117 Å². The van der Waals surface area contributed by atoms with Crippen molar-refractivity contribution in [2.75, 3.05) is 5.75 Å². The molecule has 0 bridgehead atoms. The monoisotopic (exact) mass is 401 g/mol. The molecular weight excluding hydrogens is 385 g/mol. The Bertz CT molecular complexity index is 877. The van der Waals surface area contributed by atoms with Gasteiger partial charge < -0.3 is 20.1 Å². The van der Waals surface area contributed by atoms with Crippen molar-refractivity contribution >= 4 is 21.6 Å². The third-order valence-electron chi connectivity index (χ3n) is 3.83. The van der Waals surface area contributed by atoms with Crippen LogP contribution >= 0.6 is 11.8 Å². The molecule has 0 amide bonds. The molecule has 0 saturated carbocycles. The van der Waals surface area contributed by atoms with Gasteiger partial charge in [0.25, 0.3) is 0 Å². The van der Waals surface area contributed by atoms with E-state index in [0.717, 1.165) is 42.2 Å². The first kappa shape index (κ1) is 19.1. The number of thioether (sulfide) groups is 1. The third kappa shape index (κ3) is 3.84. The largest absolute Gasteiger partial charge is 0.475 e. The number of aliphatic hydroxyl groups excluding tert-OH is 3. The fourth-order valence-corrected chi connectivity index (χ4v) is 4.74. The standard InChI is InChI=1S/C16H16FNO6S2/c17-9-1-3-11(4-2-9)26(22,23)12-5-10(6-18-7-12)24-16-15(21)14(20)13(19)8-25-16/h1-7,13-16,19-21H,8H2/t13-,14+,15-,16+/m1/s1. The van der Waals surface area contributed by atoms with Crippen LogP contribution < -0.4 is 4.74 Å². The van der Waals surface area contributed by atoms with E-state index in [1.807, 2.05) is 0 Å². The lowest BCUT2D eigenvalue weighted by atomic mass is 10.1. The van der Waals surface area contributed by atoms with Crippen molar-refractivity contribution in [1.82, 2.24) is 4.98 Å². The maximum Gasteiger partial charge on any atom is 0.208 e. The van der Waals surface area contributed by atoms with Gasteiger partial charge in [0, 0.05) is 18.0 Å². The summed E-state index contributed by atoms with van der Waals surface area (Å²) >= 11 is 1.09. The molecule has 4 atom stereocenters. The third-order valence-corrected chi connectivity index (χ3v) is 6.80. The number of pyridine rings is 1. The number of halogens is 1. The molecule has 0 spiro atoms. The number of hydrogen-bond donors (Lipinski definition) is 3. The summed E-state index contributed by atoms with van der Waals surface area (Å²) in [5, 5.41) is 29.2. The highest BCUT2D eigenvalue weighted by atomic mass is 32.2. The normalized spacial score (nSPS) is 26.5. The first-order valence-corrected chi connectivity index (χ1v) is 10.1. The number of ether oxygens (including phenoxy) is 1. The van der Waals surface area contributed by atoms with E-state index in [9.17, 15) is 28.1 Å². The second-order valence-corrected chi connectivity index (χ2v) is 8.76. The molecule has 3 N–H and O–H groups in total. The second-order valence-electron chi connectivity index (χ2n) is 5.68. The van der Waals surface area contributed by atoms with Crippen molar-refractivity contribution in [3.05, 3.63) is 48.5 Å². The Balaban J connectivity index is 1.83. The van der Waals surface area contributed by atoms with E-state index in [2.05, 4.69) is 4.98 Å². The molecular formula is C16H16FNO6S2. The smallest absolute Gasteiger partial charge is 0.208 e. The highest BCUT2D eigenvalue weighted by Gasteiger charge is 2.38. The van der Waals surface area contributed by atoms with E-state index in [1.165, 1.54) is 12.3 Å². The van der Waals surface area contributed by atoms with Crippen LogP contribution in [0.25, 0.3) is 0 Å². The molecule has 1 saturated heterocycles. The highest BCUT2D eigenvalue weighted by molar-refractivity contribution is 7.99. The lowest BCUT2D eigenvalue weighted by Crippen LogP contribution is -2.50. The second kappa shape index (κ2) is 7.49. The van der Waals surface area contributed by atoms with Crippen molar-refractivity contribution < 1.29 is 32.9 Å². The van der Waals surface area contributed by atoms with E-state index >= 15 is 0 Å². The van der Waals surface area contributed by atoms with Gasteiger partial charge in [-0.2, -0.15) is 0 Å². The SMILES string of the molecule is O=S(=O)(c1ccc(F)cc1)c1cncc(O[C@H]2SC[C@@H](O)[C@H](O)[C@H]2O)c1. The van der Waals surface area contributed by atoms with Crippen molar-refractivity contribution in [1.29, 1.82) is 0 Å². The minimum absolute atomic E-state index is 0.0772. The van der Waals surface area contributed by atoms with Gasteiger partial charge in [-0.3, -0.25) is 4.98 Å². The van der Waals surface area contributed by atoms with E-state index in [4.69, 9.17) is 4.74 Å². The number of aromatic nitrogens is 1. The predicted octanol–water partition coefficient (Wildman–Crippen LogP) is 0.588. The summed E-state index contributed by atoms with van der Waals surface area (Å²) in [6.45, 7) is 0. The maximum absolute atomic E-state index is 13.0. The summed E-state index contributed by atoms with van der Waals surface area (Å²) in [6, 6.07) is 5.62. The molecule has 1 aliphatic rings. The van der Waals surface area contributed by atoms with Gasteiger partial charge in [-0.05, 0) is 24.3 Å². The van der Waals surface area contributed by atoms with Gasteiger partial charge in [0.05, 0.1) is 22.1 Å². The van der Waals surface area contributed by atoms with Crippen LogP contribution in [0.2, 0.25) is 0 Å². The molecule has 10 heteroatoms. The molecule has 1 aliphatic heterocycles. The lowest BCUT2D eigenvalue weighted by Gasteiger charge is -2.34. The predicted molar refractivity (Wildman–Crippen MR) is 91.0 cm³/mol. The van der Waals surface area contributed by atoms with Crippen molar-refractivity contribution in [3.63, 3.8) is 0 Å². The summed E-state index contributed by atoms with van der Waals surface area (Å²) in [5.41, 5.74) is -0.890. The fraction of sp³-hybridized carbons (Fsp3) is 0.312. The van der Waals surface area contributed by atoms with Crippen LogP contribution in [0.3, 0.4) is 0 Å². The quantitative estimate of drug-likeness (QED) is 0.638. The average Bonchev–Trinajstić information content (AvgIpc) is 2.63. The van der Waals surface area contributed by atoms with E-state index in [1.54, 1.807) is 0 Å². The number of aliphatic hydroxyl groups is 3. The molecule has 140 valence electrons. The first-order chi connectivity index (χ1) is 12.3. The van der Waals surface area contributed by atoms with Crippen LogP contribution in [0.1, 0.15) is 0 Å². The number of sulfone groups is 1. The van der Waals surface area contributed by atoms with Gasteiger partial charge in [-0.1, -0.05) is 0 Å². The Labute approximate surface area is 153 Å². The van der Waals surface area contributed by atoms with Crippen LogP contribution in [-0.2, 0) is 9.84 Å². The Morgan fingerprint density at radius 1 is 1.08 bits per heavy atom. The summed E-state index contributed by atoms with van der Waals surface area (Å²) in [4.78, 5) is 3.59. The fourth-order valence-electron chi connectivity index (χ4n) is 2.38. The van der Waals surface area contributed by atoms with Gasteiger partial charge in [0.1, 0.15) is 23.8 Å². The van der Waals surface area contributed by atoms with E-state index < -0.39 is 39.4 Å². The van der Waals surface area contributed by atoms with Crippen LogP contribution in [0, 0.1) is 5.82 Å². The number of benzene rings is 1. The highest BCUT2D eigenvalue weighted by Crippen LogP contribution is 2.30. The van der Waals surface area contributed by atoms with Crippen LogP contribution in [0.5, 0.6) is 5.75 Å². The minimum Gasteiger partial charge on any atom is -0.475 e. The molecule has 1 fully saturated rings. The number of rotatable bonds is 4. The van der Waals surface area contributed by atoms with E-state index in [-0.39, 0.29) is 21.3 Å². The van der Waals surface area contributed by atoms with Crippen LogP contribution in [-0.4, -0.2) is 58.2 Å². The summed E-state index contributed by atoms with van der Waals surface area (Å²) in [6.07, 6.45) is -1.37. The Morgan fingerprint density at radius 2 is 1.77 bits per heavy atom. The molecule has 7 nitrogen and oxygen atoms in total. The molecule has 0 unspecified atom stereocenters. The maximum atomic E-state index is 13.0. The minimum atomic E-state index is -3.92. The van der Waals surface area contributed by atoms with Gasteiger partial charge >= 0.3 is 0 Å². The van der Waals surface area contributed by atoms with Crippen LogP contribution in [0.15, 0.2) is 52.5 Å². The average molecular weight is 401 g/mol. The molecule has 2 aromatic rings. The number of hydrogen-bond acceptors (Lipinski definition) is 8. The summed E-state index contributed by atoms with van der Waals surface area (Å²) in [7, 11) is -3.92. The zero-order chi connectivity index (χ0) is 18.9. The van der Waals surface area contributed by atoms with Crippen LogP contribution in [0.4, 0.5) is 4.39 Å². The Hall–Kier alpha value is -1.72. The summed E-state index contributed by atoms with van der Waals surface area (Å²) in [5.74, 6) is -0.319. The molecule has 2 heterocycles. The van der Waals surface area contributed by atoms with E-state index in [0.29, 0.717) is 0 Å². The molecule has 3 rings (SSSR count). The first-order valence-electron chi connectivity index (χ1n) is 7.57. The zero-order valence-corrected chi connectivity index (χ0v) is 14.9. The Kier molecular flexibility index (Phi) is 5.49. The molecule has 0 radical (unpaired) electrons. The molecule has 0 aliphatic carbocycles. The van der Waals surface area contributed by atoms with Gasteiger partial charge in [0.2, 0.25) is 9.84 Å². The van der Waals surface area contributed by atoms with Gasteiger partial charge in [-0.15, -0.1) is 11.8 Å². The molecule has 1 aromatic carbocycles. The van der Waals surface area contributed by atoms with Crippen molar-refractivity contribution in [3.8, 4) is 5.75 Å². The molecule has 1 aromatic heterocycles. The zero-order valence-electron chi connectivity index (χ0n) is 13.3. The Morgan fingerprint density at radius 3 is 2.46 bits per heavy atom. The molecule has 26 heavy (non-hydrogen) atoms. The van der Waals surface area contributed by atoms with Crippen molar-refractivity contribution in [2.24, 2.45) is 0 Å². The van der Waals surface area contributed by atoms with Gasteiger partial charge in [-0.25, -0.2) is 12.8 Å². The summed E-state index contributed by atoms with van der Waals surface area (Å²) < 4.78 is 43.7.